The molecule has 2 aromatic carbocycles. The van der Waals surface area contributed by atoms with E-state index in [1.807, 2.05) is 30.3 Å². The van der Waals surface area contributed by atoms with Gasteiger partial charge in [0.25, 0.3) is 0 Å². The molecule has 1 radical (unpaired) electrons. The molecular formula is C14H9O. The first-order chi connectivity index (χ1) is 7.43. The van der Waals surface area contributed by atoms with E-state index in [1.165, 1.54) is 11.1 Å². The molecule has 0 saturated carbocycles. The zero-order valence-corrected chi connectivity index (χ0v) is 8.10. The molecule has 0 fully saturated rings. The Morgan fingerprint density at radius 2 is 2.00 bits per heavy atom. The van der Waals surface area contributed by atoms with Gasteiger partial charge in [-0.15, -0.1) is 0 Å². The summed E-state index contributed by atoms with van der Waals surface area (Å²) in [7, 11) is 0. The highest BCUT2D eigenvalue weighted by atomic mass is 16.3. The van der Waals surface area contributed by atoms with Crippen molar-refractivity contribution in [2.45, 2.75) is 0 Å². The third-order valence-electron chi connectivity index (χ3n) is 2.49. The molecule has 1 aromatic heterocycles. The Morgan fingerprint density at radius 1 is 1.00 bits per heavy atom. The van der Waals surface area contributed by atoms with Gasteiger partial charge in [0.2, 0.25) is 0 Å². The Kier molecular flexibility index (Phi) is 1.82. The van der Waals surface area contributed by atoms with Crippen molar-refractivity contribution in [3.05, 3.63) is 60.9 Å². The van der Waals surface area contributed by atoms with Gasteiger partial charge in [-0.1, -0.05) is 24.3 Å². The fraction of sp³-hybridized carbons (Fsp3) is 0. The fourth-order valence-corrected chi connectivity index (χ4v) is 1.72. The molecule has 0 atom stereocenters. The van der Waals surface area contributed by atoms with Crippen molar-refractivity contribution < 1.29 is 4.42 Å². The van der Waals surface area contributed by atoms with E-state index in [4.69, 9.17) is 4.42 Å². The Hall–Kier alpha value is -2.02. The van der Waals surface area contributed by atoms with E-state index in [1.54, 1.807) is 6.26 Å². The fourth-order valence-electron chi connectivity index (χ4n) is 1.72. The first kappa shape index (κ1) is 8.30. The summed E-state index contributed by atoms with van der Waals surface area (Å²) < 4.78 is 5.30. The van der Waals surface area contributed by atoms with E-state index >= 15 is 0 Å². The Bertz CT molecular complexity index is 578. The summed E-state index contributed by atoms with van der Waals surface area (Å²) in [6.07, 6.45) is 1.71. The Morgan fingerprint density at radius 3 is 2.87 bits per heavy atom. The Balaban J connectivity index is 2.19. The molecule has 0 saturated heterocycles. The predicted octanol–water partition coefficient (Wildman–Crippen LogP) is 3.90. The second-order valence-electron chi connectivity index (χ2n) is 3.47. The maximum Gasteiger partial charge on any atom is 0.133 e. The molecule has 1 heterocycles. The second-order valence-corrected chi connectivity index (χ2v) is 3.47. The SMILES string of the molecule is [c]1cccc(-c2ccc3occc3c2)c1. The summed E-state index contributed by atoms with van der Waals surface area (Å²) in [6, 6.07) is 19.2. The first-order valence-corrected chi connectivity index (χ1v) is 4.87. The van der Waals surface area contributed by atoms with E-state index in [0.29, 0.717) is 0 Å². The van der Waals surface area contributed by atoms with E-state index < -0.39 is 0 Å². The standard InChI is InChI=1S/C14H9O/c1-2-4-11(5-3-1)12-6-7-14-13(10-12)8-9-15-14/h1-2,4-10H. The minimum atomic E-state index is 0.929. The van der Waals surface area contributed by atoms with Gasteiger partial charge in [0, 0.05) is 5.39 Å². The molecular weight excluding hydrogens is 184 g/mol. The third-order valence-corrected chi connectivity index (χ3v) is 2.49. The van der Waals surface area contributed by atoms with Crippen LogP contribution in [0.3, 0.4) is 0 Å². The van der Waals surface area contributed by atoms with Crippen molar-refractivity contribution in [3.8, 4) is 11.1 Å². The van der Waals surface area contributed by atoms with Gasteiger partial charge in [0.1, 0.15) is 5.58 Å². The summed E-state index contributed by atoms with van der Waals surface area (Å²) >= 11 is 0. The van der Waals surface area contributed by atoms with E-state index in [9.17, 15) is 0 Å². The minimum Gasteiger partial charge on any atom is -0.464 e. The van der Waals surface area contributed by atoms with Crippen molar-refractivity contribution in [1.82, 2.24) is 0 Å². The molecule has 71 valence electrons. The molecule has 0 unspecified atom stereocenters. The highest BCUT2D eigenvalue weighted by Gasteiger charge is 2.00. The third kappa shape index (κ3) is 1.42. The summed E-state index contributed by atoms with van der Waals surface area (Å²) in [4.78, 5) is 0. The molecule has 1 nitrogen and oxygen atoms in total. The molecule has 0 aliphatic carbocycles. The molecule has 0 aliphatic heterocycles. The summed E-state index contributed by atoms with van der Waals surface area (Å²) in [5.74, 6) is 0. The number of hydrogen-bond acceptors (Lipinski definition) is 1. The van der Waals surface area contributed by atoms with E-state index in [2.05, 4.69) is 24.3 Å². The van der Waals surface area contributed by atoms with Gasteiger partial charge in [0.05, 0.1) is 6.26 Å². The van der Waals surface area contributed by atoms with Gasteiger partial charge in [-0.3, -0.25) is 0 Å². The molecule has 1 heteroatoms. The van der Waals surface area contributed by atoms with Gasteiger partial charge >= 0.3 is 0 Å². The first-order valence-electron chi connectivity index (χ1n) is 4.87. The molecule has 15 heavy (non-hydrogen) atoms. The topological polar surface area (TPSA) is 13.1 Å². The van der Waals surface area contributed by atoms with Crippen LogP contribution in [0.15, 0.2) is 59.2 Å². The smallest absolute Gasteiger partial charge is 0.133 e. The number of hydrogen-bond donors (Lipinski definition) is 0. The van der Waals surface area contributed by atoms with Crippen LogP contribution in [0.1, 0.15) is 0 Å². The number of fused-ring (bicyclic) bond motifs is 1. The summed E-state index contributed by atoms with van der Waals surface area (Å²) in [6.45, 7) is 0. The normalized spacial score (nSPS) is 10.7. The zero-order valence-electron chi connectivity index (χ0n) is 8.10. The van der Waals surface area contributed by atoms with E-state index in [0.717, 1.165) is 11.0 Å². The molecule has 0 N–H and O–H groups in total. The van der Waals surface area contributed by atoms with Crippen LogP contribution in [0, 0.1) is 6.07 Å². The van der Waals surface area contributed by atoms with Crippen LogP contribution in [-0.4, -0.2) is 0 Å². The van der Waals surface area contributed by atoms with Gasteiger partial charge in [-0.25, -0.2) is 0 Å². The highest BCUT2D eigenvalue weighted by molar-refractivity contribution is 5.83. The quantitative estimate of drug-likeness (QED) is 0.571. The van der Waals surface area contributed by atoms with E-state index in [-0.39, 0.29) is 0 Å². The lowest BCUT2D eigenvalue weighted by atomic mass is 10.0. The Labute approximate surface area is 88.0 Å². The number of benzene rings is 2. The van der Waals surface area contributed by atoms with Crippen LogP contribution >= 0.6 is 0 Å². The van der Waals surface area contributed by atoms with Crippen LogP contribution in [0.4, 0.5) is 0 Å². The van der Waals surface area contributed by atoms with Crippen molar-refractivity contribution >= 4 is 11.0 Å². The largest absolute Gasteiger partial charge is 0.464 e. The average molecular weight is 193 g/mol. The monoisotopic (exact) mass is 193 g/mol. The van der Waals surface area contributed by atoms with Crippen LogP contribution < -0.4 is 0 Å². The van der Waals surface area contributed by atoms with Crippen LogP contribution in [0.2, 0.25) is 0 Å². The lowest BCUT2D eigenvalue weighted by Gasteiger charge is -2.00. The number of furan rings is 1. The summed E-state index contributed by atoms with van der Waals surface area (Å²) in [5, 5.41) is 1.14. The molecule has 0 aliphatic rings. The maximum atomic E-state index is 5.30. The van der Waals surface area contributed by atoms with Crippen LogP contribution in [-0.2, 0) is 0 Å². The van der Waals surface area contributed by atoms with Crippen molar-refractivity contribution in [2.75, 3.05) is 0 Å². The lowest BCUT2D eigenvalue weighted by molar-refractivity contribution is 0.616. The van der Waals surface area contributed by atoms with Gasteiger partial charge in [-0.05, 0) is 41.5 Å². The lowest BCUT2D eigenvalue weighted by Crippen LogP contribution is -1.75. The second kappa shape index (κ2) is 3.28. The van der Waals surface area contributed by atoms with Crippen molar-refractivity contribution in [3.63, 3.8) is 0 Å². The minimum absolute atomic E-state index is 0.929. The molecule has 0 amide bonds. The predicted molar refractivity (Wildman–Crippen MR) is 60.5 cm³/mol. The van der Waals surface area contributed by atoms with Crippen molar-refractivity contribution in [2.24, 2.45) is 0 Å². The van der Waals surface area contributed by atoms with Crippen LogP contribution in [0.5, 0.6) is 0 Å². The molecule has 3 rings (SSSR count). The van der Waals surface area contributed by atoms with Crippen LogP contribution in [0.25, 0.3) is 22.1 Å². The van der Waals surface area contributed by atoms with Gasteiger partial charge in [0.15, 0.2) is 0 Å². The average Bonchev–Trinajstić information content (AvgIpc) is 2.77. The zero-order chi connectivity index (χ0) is 10.1. The summed E-state index contributed by atoms with van der Waals surface area (Å²) in [5.41, 5.74) is 3.31. The number of rotatable bonds is 1. The maximum absolute atomic E-state index is 5.30. The molecule has 0 bridgehead atoms. The molecule has 0 spiro atoms. The van der Waals surface area contributed by atoms with Gasteiger partial charge < -0.3 is 4.42 Å². The van der Waals surface area contributed by atoms with Crippen molar-refractivity contribution in [1.29, 1.82) is 0 Å². The highest BCUT2D eigenvalue weighted by Crippen LogP contribution is 2.24. The van der Waals surface area contributed by atoms with Gasteiger partial charge in [-0.2, -0.15) is 0 Å². The molecule has 3 aromatic rings.